The van der Waals surface area contributed by atoms with Gasteiger partial charge in [-0.15, -0.1) is 21.5 Å². The third-order valence-electron chi connectivity index (χ3n) is 3.40. The van der Waals surface area contributed by atoms with E-state index in [0.29, 0.717) is 22.0 Å². The number of thioether (sulfide) groups is 1. The Kier molecular flexibility index (Phi) is 4.24. The average Bonchev–Trinajstić information content (AvgIpc) is 3.31. The first kappa shape index (κ1) is 15.9. The molecule has 0 bridgehead atoms. The highest BCUT2D eigenvalue weighted by atomic mass is 32.2. The first-order chi connectivity index (χ1) is 12.2. The van der Waals surface area contributed by atoms with Crippen molar-refractivity contribution < 1.29 is 9.21 Å². The number of aromatic amines is 1. The van der Waals surface area contributed by atoms with Gasteiger partial charge in [0, 0.05) is 35.2 Å². The second kappa shape index (κ2) is 6.69. The topological polar surface area (TPSA) is 96.7 Å². The molecule has 0 aliphatic carbocycles. The van der Waals surface area contributed by atoms with Crippen molar-refractivity contribution in [3.8, 4) is 11.5 Å². The van der Waals surface area contributed by atoms with E-state index in [2.05, 4.69) is 25.5 Å². The van der Waals surface area contributed by atoms with Crippen LogP contribution >= 0.6 is 23.1 Å². The number of para-hydroxylation sites is 1. The summed E-state index contributed by atoms with van der Waals surface area (Å²) in [5, 5.41) is 14.9. The van der Waals surface area contributed by atoms with Crippen LogP contribution in [0, 0.1) is 0 Å². The summed E-state index contributed by atoms with van der Waals surface area (Å²) < 4.78 is 5.76. The van der Waals surface area contributed by atoms with Gasteiger partial charge in [-0.1, -0.05) is 30.0 Å². The molecule has 1 amide bonds. The summed E-state index contributed by atoms with van der Waals surface area (Å²) in [6.45, 7) is 1.46. The molecule has 2 N–H and O–H groups in total. The molecule has 7 nitrogen and oxygen atoms in total. The van der Waals surface area contributed by atoms with Crippen LogP contribution in [0.25, 0.3) is 22.4 Å². The van der Waals surface area contributed by atoms with Crippen LogP contribution < -0.4 is 5.32 Å². The highest BCUT2D eigenvalue weighted by Gasteiger charge is 2.14. The van der Waals surface area contributed by atoms with Crippen molar-refractivity contribution in [3.63, 3.8) is 0 Å². The van der Waals surface area contributed by atoms with Gasteiger partial charge in [-0.25, -0.2) is 4.98 Å². The number of amides is 1. The highest BCUT2D eigenvalue weighted by molar-refractivity contribution is 7.98. The fraction of sp³-hybridized carbons (Fsp3) is 0.125. The lowest BCUT2D eigenvalue weighted by molar-refractivity contribution is -0.114. The van der Waals surface area contributed by atoms with Gasteiger partial charge in [0.05, 0.1) is 11.3 Å². The van der Waals surface area contributed by atoms with Gasteiger partial charge in [-0.3, -0.25) is 4.79 Å². The molecule has 3 heterocycles. The zero-order chi connectivity index (χ0) is 17.2. The number of nitrogens with one attached hydrogen (secondary N) is 2. The van der Waals surface area contributed by atoms with Gasteiger partial charge in [-0.2, -0.15) is 0 Å². The molecule has 0 aliphatic rings. The van der Waals surface area contributed by atoms with Crippen LogP contribution in [0.15, 0.2) is 45.5 Å². The van der Waals surface area contributed by atoms with Gasteiger partial charge in [0.15, 0.2) is 5.13 Å². The Morgan fingerprint density at radius 3 is 3.12 bits per heavy atom. The van der Waals surface area contributed by atoms with Crippen molar-refractivity contribution in [1.29, 1.82) is 0 Å². The molecule has 0 radical (unpaired) electrons. The largest absolute Gasteiger partial charge is 0.411 e. The quantitative estimate of drug-likeness (QED) is 0.516. The van der Waals surface area contributed by atoms with Gasteiger partial charge in [0.25, 0.3) is 11.1 Å². The number of nitrogens with zero attached hydrogens (tertiary/aromatic N) is 3. The molecule has 0 saturated carbocycles. The fourth-order valence-corrected chi connectivity index (χ4v) is 3.86. The van der Waals surface area contributed by atoms with E-state index in [9.17, 15) is 4.79 Å². The lowest BCUT2D eigenvalue weighted by Crippen LogP contribution is -2.05. The standard InChI is InChI=1S/C16H13N5O2S2/c1-9(22)18-15-19-10(7-24-15)8-25-16-21-20-14(23-16)12-6-17-13-5-3-2-4-11(12)13/h2-7,17H,8H2,1H3,(H,18,19,22). The smallest absolute Gasteiger partial charge is 0.277 e. The van der Waals surface area contributed by atoms with E-state index in [0.717, 1.165) is 22.2 Å². The summed E-state index contributed by atoms with van der Waals surface area (Å²) in [5.74, 6) is 0.942. The van der Waals surface area contributed by atoms with E-state index in [1.165, 1.54) is 30.0 Å². The van der Waals surface area contributed by atoms with Gasteiger partial charge >= 0.3 is 0 Å². The first-order valence-electron chi connectivity index (χ1n) is 7.44. The Bertz CT molecular complexity index is 1040. The van der Waals surface area contributed by atoms with Crippen molar-refractivity contribution >= 4 is 45.0 Å². The molecule has 1 aromatic carbocycles. The third-order valence-corrected chi connectivity index (χ3v) is 5.06. The monoisotopic (exact) mass is 371 g/mol. The molecule has 0 spiro atoms. The molecule has 126 valence electrons. The lowest BCUT2D eigenvalue weighted by Gasteiger charge is -1.94. The molecule has 0 unspecified atom stereocenters. The molecule has 9 heteroatoms. The zero-order valence-electron chi connectivity index (χ0n) is 13.1. The molecule has 4 rings (SSSR count). The number of H-pyrrole nitrogens is 1. The van der Waals surface area contributed by atoms with E-state index in [1.54, 1.807) is 0 Å². The number of fused-ring (bicyclic) bond motifs is 1. The number of carbonyl (C=O) groups is 1. The second-order valence-corrected chi connectivity index (χ2v) is 7.02. The number of hydrogen-bond acceptors (Lipinski definition) is 7. The van der Waals surface area contributed by atoms with Crippen molar-refractivity contribution in [1.82, 2.24) is 20.2 Å². The number of hydrogen-bond donors (Lipinski definition) is 2. The highest BCUT2D eigenvalue weighted by Crippen LogP contribution is 2.30. The summed E-state index contributed by atoms with van der Waals surface area (Å²) >= 11 is 2.80. The third kappa shape index (κ3) is 3.42. The lowest BCUT2D eigenvalue weighted by atomic mass is 10.2. The number of benzene rings is 1. The van der Waals surface area contributed by atoms with E-state index >= 15 is 0 Å². The Balaban J connectivity index is 1.46. The molecule has 0 saturated heterocycles. The minimum Gasteiger partial charge on any atom is -0.411 e. The Morgan fingerprint density at radius 1 is 1.36 bits per heavy atom. The van der Waals surface area contributed by atoms with Gasteiger partial charge in [0.1, 0.15) is 0 Å². The SMILES string of the molecule is CC(=O)Nc1nc(CSc2nnc(-c3c[nH]c4ccccc34)o2)cs1. The molecule has 4 aromatic rings. The minimum absolute atomic E-state index is 0.131. The van der Waals surface area contributed by atoms with Crippen LogP contribution in [0.3, 0.4) is 0 Å². The second-order valence-electron chi connectivity index (χ2n) is 5.23. The fourth-order valence-electron chi connectivity index (χ4n) is 2.34. The zero-order valence-corrected chi connectivity index (χ0v) is 14.8. The molecular formula is C16H13N5O2S2. The molecule has 0 aliphatic heterocycles. The van der Waals surface area contributed by atoms with E-state index in [1.807, 2.05) is 35.8 Å². The maximum Gasteiger partial charge on any atom is 0.277 e. The predicted molar refractivity (Wildman–Crippen MR) is 97.6 cm³/mol. The van der Waals surface area contributed by atoms with Gasteiger partial charge in [-0.05, 0) is 6.07 Å². The summed E-state index contributed by atoms with van der Waals surface area (Å²) in [6.07, 6.45) is 1.87. The van der Waals surface area contributed by atoms with E-state index in [4.69, 9.17) is 4.42 Å². The van der Waals surface area contributed by atoms with Crippen LogP contribution in [-0.4, -0.2) is 26.1 Å². The molecule has 0 fully saturated rings. The van der Waals surface area contributed by atoms with Crippen LogP contribution in [0.2, 0.25) is 0 Å². The van der Waals surface area contributed by atoms with Crippen LogP contribution in [-0.2, 0) is 10.5 Å². The summed E-state index contributed by atoms with van der Waals surface area (Å²) in [4.78, 5) is 18.6. The maximum absolute atomic E-state index is 11.0. The van der Waals surface area contributed by atoms with E-state index in [-0.39, 0.29) is 5.91 Å². The number of thiazole rings is 1. The Labute approximate surface area is 150 Å². The number of anilines is 1. The van der Waals surface area contributed by atoms with Crippen LogP contribution in [0.1, 0.15) is 12.6 Å². The Morgan fingerprint density at radius 2 is 2.24 bits per heavy atom. The van der Waals surface area contributed by atoms with Crippen molar-refractivity contribution in [2.45, 2.75) is 17.9 Å². The summed E-state index contributed by atoms with van der Waals surface area (Å²) in [7, 11) is 0. The van der Waals surface area contributed by atoms with Gasteiger partial charge in [0.2, 0.25) is 5.91 Å². The molecule has 3 aromatic heterocycles. The van der Waals surface area contributed by atoms with Crippen molar-refractivity contribution in [3.05, 3.63) is 41.5 Å². The number of carbonyl (C=O) groups excluding carboxylic acids is 1. The Hall–Kier alpha value is -2.65. The molecule has 0 atom stereocenters. The minimum atomic E-state index is -0.131. The first-order valence-corrected chi connectivity index (χ1v) is 9.30. The van der Waals surface area contributed by atoms with E-state index < -0.39 is 0 Å². The molecule has 25 heavy (non-hydrogen) atoms. The normalized spacial score (nSPS) is 11.1. The maximum atomic E-state index is 11.0. The van der Waals surface area contributed by atoms with Crippen molar-refractivity contribution in [2.75, 3.05) is 5.32 Å². The van der Waals surface area contributed by atoms with Gasteiger partial charge < -0.3 is 14.7 Å². The van der Waals surface area contributed by atoms with Crippen LogP contribution in [0.4, 0.5) is 5.13 Å². The predicted octanol–water partition coefficient (Wildman–Crippen LogP) is 3.93. The average molecular weight is 371 g/mol. The number of rotatable bonds is 5. The molecular weight excluding hydrogens is 358 g/mol. The van der Waals surface area contributed by atoms with Crippen LogP contribution in [0.5, 0.6) is 0 Å². The summed E-state index contributed by atoms with van der Waals surface area (Å²) in [5.41, 5.74) is 2.76. The number of aromatic nitrogens is 4. The van der Waals surface area contributed by atoms with Crippen molar-refractivity contribution in [2.24, 2.45) is 0 Å². The summed E-state index contributed by atoms with van der Waals surface area (Å²) in [6, 6.07) is 7.96.